The van der Waals surface area contributed by atoms with Gasteiger partial charge in [-0.15, -0.1) is 24.5 Å². The summed E-state index contributed by atoms with van der Waals surface area (Å²) in [4.78, 5) is 2.19. The molecule has 0 aliphatic carbocycles. The lowest BCUT2D eigenvalue weighted by Gasteiger charge is -2.10. The average Bonchev–Trinajstić information content (AvgIpc) is 2.77. The molecule has 7 heteroatoms. The van der Waals surface area contributed by atoms with E-state index in [9.17, 15) is 13.2 Å². The van der Waals surface area contributed by atoms with Crippen LogP contribution in [0.2, 0.25) is 0 Å². The molecule has 21 heavy (non-hydrogen) atoms. The van der Waals surface area contributed by atoms with Gasteiger partial charge in [0.15, 0.2) is 0 Å². The number of rotatable bonds is 5. The fourth-order valence-corrected chi connectivity index (χ4v) is 2.66. The molecule has 0 spiro atoms. The number of nitrogens with two attached hydrogens (primary N) is 1. The molecule has 114 valence electrons. The second-order valence-corrected chi connectivity index (χ2v) is 5.65. The highest BCUT2D eigenvalue weighted by Gasteiger charge is 2.30. The normalized spacial score (nSPS) is 11.5. The molecule has 0 fully saturated rings. The predicted molar refractivity (Wildman–Crippen MR) is 74.4 cm³/mol. The summed E-state index contributed by atoms with van der Waals surface area (Å²) in [6, 6.07) is 7.28. The van der Waals surface area contributed by atoms with Gasteiger partial charge in [-0.3, -0.25) is 0 Å². The Kier molecular flexibility index (Phi) is 4.74. The van der Waals surface area contributed by atoms with Crippen molar-refractivity contribution in [1.29, 1.82) is 0 Å². The first-order valence-corrected chi connectivity index (χ1v) is 6.96. The molecule has 2 N–H and O–H groups in total. The third kappa shape index (κ3) is 4.64. The quantitative estimate of drug-likeness (QED) is 0.907. The monoisotopic (exact) mass is 317 g/mol. The fraction of sp³-hybridized carbons (Fsp3) is 0.286. The van der Waals surface area contributed by atoms with Gasteiger partial charge < -0.3 is 15.2 Å². The molecule has 0 amide bonds. The third-order valence-corrected chi connectivity index (χ3v) is 3.84. The summed E-state index contributed by atoms with van der Waals surface area (Å²) in [6.07, 6.45) is -4.69. The Morgan fingerprint density at radius 1 is 1.14 bits per heavy atom. The number of thiophene rings is 1. The van der Waals surface area contributed by atoms with Crippen molar-refractivity contribution >= 4 is 11.3 Å². The summed E-state index contributed by atoms with van der Waals surface area (Å²) >= 11 is 1.61. The standard InChI is InChI=1S/C14H14F3NO2S/c1-9-10(6-13(7-18)21-9)8-19-11-2-4-12(5-3-11)20-14(15,16)17/h2-6H,7-8,18H2,1H3. The summed E-state index contributed by atoms with van der Waals surface area (Å²) in [5, 5.41) is 0. The smallest absolute Gasteiger partial charge is 0.489 e. The lowest BCUT2D eigenvalue weighted by Crippen LogP contribution is -2.16. The number of halogens is 3. The number of aryl methyl sites for hydroxylation is 1. The van der Waals surface area contributed by atoms with Gasteiger partial charge in [-0.25, -0.2) is 0 Å². The van der Waals surface area contributed by atoms with Crippen LogP contribution < -0.4 is 15.2 Å². The SMILES string of the molecule is Cc1sc(CN)cc1COc1ccc(OC(F)(F)F)cc1. The Hall–Kier alpha value is -1.73. The maximum absolute atomic E-state index is 12.0. The first kappa shape index (κ1) is 15.7. The van der Waals surface area contributed by atoms with Crippen molar-refractivity contribution in [2.75, 3.05) is 0 Å². The van der Waals surface area contributed by atoms with Crippen LogP contribution in [0, 0.1) is 6.92 Å². The van der Waals surface area contributed by atoms with Crippen molar-refractivity contribution in [1.82, 2.24) is 0 Å². The Bertz CT molecular complexity index is 593. The maximum atomic E-state index is 12.0. The van der Waals surface area contributed by atoms with Crippen LogP contribution in [-0.4, -0.2) is 6.36 Å². The molecule has 1 aromatic heterocycles. The highest BCUT2D eigenvalue weighted by molar-refractivity contribution is 7.12. The zero-order chi connectivity index (χ0) is 15.5. The number of hydrogen-bond donors (Lipinski definition) is 1. The van der Waals surface area contributed by atoms with Gasteiger partial charge in [0.1, 0.15) is 18.1 Å². The van der Waals surface area contributed by atoms with Crippen LogP contribution in [0.15, 0.2) is 30.3 Å². The highest BCUT2D eigenvalue weighted by atomic mass is 32.1. The molecular formula is C14H14F3NO2S. The summed E-state index contributed by atoms with van der Waals surface area (Å²) in [5.41, 5.74) is 6.59. The van der Waals surface area contributed by atoms with Gasteiger partial charge in [0.05, 0.1) is 0 Å². The molecule has 2 aromatic rings. The van der Waals surface area contributed by atoms with Crippen LogP contribution >= 0.6 is 11.3 Å². The van der Waals surface area contributed by atoms with E-state index >= 15 is 0 Å². The van der Waals surface area contributed by atoms with Crippen molar-refractivity contribution in [2.24, 2.45) is 5.73 Å². The summed E-state index contributed by atoms with van der Waals surface area (Å²) in [6.45, 7) is 2.81. The molecular weight excluding hydrogens is 303 g/mol. The first-order chi connectivity index (χ1) is 9.87. The van der Waals surface area contributed by atoms with Gasteiger partial charge in [-0.05, 0) is 37.3 Å². The minimum Gasteiger partial charge on any atom is -0.489 e. The molecule has 0 radical (unpaired) electrons. The van der Waals surface area contributed by atoms with Crippen molar-refractivity contribution < 1.29 is 22.6 Å². The van der Waals surface area contributed by atoms with Crippen LogP contribution in [0.25, 0.3) is 0 Å². The molecule has 0 aliphatic heterocycles. The molecule has 0 aliphatic rings. The zero-order valence-corrected chi connectivity index (χ0v) is 12.1. The summed E-state index contributed by atoms with van der Waals surface area (Å²) < 4.78 is 45.4. The van der Waals surface area contributed by atoms with E-state index in [4.69, 9.17) is 10.5 Å². The zero-order valence-electron chi connectivity index (χ0n) is 11.2. The van der Waals surface area contributed by atoms with E-state index in [-0.39, 0.29) is 5.75 Å². The third-order valence-electron chi connectivity index (χ3n) is 2.72. The van der Waals surface area contributed by atoms with Crippen LogP contribution in [0.4, 0.5) is 13.2 Å². The van der Waals surface area contributed by atoms with Gasteiger partial charge >= 0.3 is 6.36 Å². The molecule has 0 bridgehead atoms. The second kappa shape index (κ2) is 6.36. The molecule has 3 nitrogen and oxygen atoms in total. The van der Waals surface area contributed by atoms with E-state index < -0.39 is 6.36 Å². The minimum atomic E-state index is -4.69. The van der Waals surface area contributed by atoms with E-state index in [0.29, 0.717) is 18.9 Å². The molecule has 0 unspecified atom stereocenters. The maximum Gasteiger partial charge on any atom is 0.573 e. The second-order valence-electron chi connectivity index (χ2n) is 4.31. The molecule has 1 aromatic carbocycles. The largest absolute Gasteiger partial charge is 0.573 e. The van der Waals surface area contributed by atoms with Gasteiger partial charge in [-0.2, -0.15) is 0 Å². The van der Waals surface area contributed by atoms with Crippen molar-refractivity contribution in [2.45, 2.75) is 26.4 Å². The Balaban J connectivity index is 1.95. The van der Waals surface area contributed by atoms with E-state index in [0.717, 1.165) is 15.3 Å². The molecule has 0 saturated carbocycles. The summed E-state index contributed by atoms with van der Waals surface area (Å²) in [7, 11) is 0. The molecule has 0 saturated heterocycles. The van der Waals surface area contributed by atoms with Crippen LogP contribution in [0.1, 0.15) is 15.3 Å². The van der Waals surface area contributed by atoms with Gasteiger partial charge in [0.25, 0.3) is 0 Å². The summed E-state index contributed by atoms with van der Waals surface area (Å²) in [5.74, 6) is 0.205. The van der Waals surface area contributed by atoms with E-state index in [1.807, 2.05) is 13.0 Å². The molecule has 1 heterocycles. The van der Waals surface area contributed by atoms with E-state index in [1.165, 1.54) is 24.3 Å². The predicted octanol–water partition coefficient (Wildman–Crippen LogP) is 3.99. The van der Waals surface area contributed by atoms with Crippen molar-refractivity contribution in [3.8, 4) is 11.5 Å². The number of ether oxygens (including phenoxy) is 2. The van der Waals surface area contributed by atoms with Gasteiger partial charge in [-0.1, -0.05) is 0 Å². The molecule has 0 atom stereocenters. The number of alkyl halides is 3. The van der Waals surface area contributed by atoms with E-state index in [2.05, 4.69) is 4.74 Å². The van der Waals surface area contributed by atoms with Crippen molar-refractivity contribution in [3.63, 3.8) is 0 Å². The highest BCUT2D eigenvalue weighted by Crippen LogP contribution is 2.26. The molecule has 2 rings (SSSR count). The topological polar surface area (TPSA) is 44.5 Å². The van der Waals surface area contributed by atoms with Gasteiger partial charge in [0.2, 0.25) is 0 Å². The number of benzene rings is 1. The lowest BCUT2D eigenvalue weighted by atomic mass is 10.2. The Morgan fingerprint density at radius 2 is 1.76 bits per heavy atom. The van der Waals surface area contributed by atoms with Crippen LogP contribution in [0.5, 0.6) is 11.5 Å². The van der Waals surface area contributed by atoms with Crippen LogP contribution in [-0.2, 0) is 13.2 Å². The average molecular weight is 317 g/mol. The van der Waals surface area contributed by atoms with Crippen LogP contribution in [0.3, 0.4) is 0 Å². The Morgan fingerprint density at radius 3 is 2.29 bits per heavy atom. The van der Waals surface area contributed by atoms with Gasteiger partial charge in [0, 0.05) is 21.9 Å². The van der Waals surface area contributed by atoms with E-state index in [1.54, 1.807) is 11.3 Å². The first-order valence-electron chi connectivity index (χ1n) is 6.14. The minimum absolute atomic E-state index is 0.271. The lowest BCUT2D eigenvalue weighted by molar-refractivity contribution is -0.274. The van der Waals surface area contributed by atoms with Crippen molar-refractivity contribution in [3.05, 3.63) is 45.6 Å². The number of hydrogen-bond acceptors (Lipinski definition) is 4. The fourth-order valence-electron chi connectivity index (χ4n) is 1.73. The Labute approximate surface area is 124 Å².